The third kappa shape index (κ3) is 3.65. The van der Waals surface area contributed by atoms with Crippen molar-refractivity contribution in [2.45, 2.75) is 26.8 Å². The van der Waals surface area contributed by atoms with E-state index in [0.29, 0.717) is 13.1 Å². The van der Waals surface area contributed by atoms with Gasteiger partial charge in [0.2, 0.25) is 11.8 Å². The Labute approximate surface area is 131 Å². The van der Waals surface area contributed by atoms with Gasteiger partial charge < -0.3 is 20.1 Å². The Hall–Kier alpha value is -1.89. The Morgan fingerprint density at radius 1 is 1.45 bits per heavy atom. The van der Waals surface area contributed by atoms with Crippen molar-refractivity contribution in [3.8, 4) is 0 Å². The lowest BCUT2D eigenvalue weighted by molar-refractivity contribution is -0.137. The first-order valence-electron chi connectivity index (χ1n) is 7.56. The van der Waals surface area contributed by atoms with Gasteiger partial charge in [-0.3, -0.25) is 9.59 Å². The molecular formula is C15H25N5O2. The van der Waals surface area contributed by atoms with Crippen molar-refractivity contribution in [1.29, 1.82) is 0 Å². The maximum absolute atomic E-state index is 12.5. The van der Waals surface area contributed by atoms with Crippen LogP contribution in [0.25, 0.3) is 0 Å². The lowest BCUT2D eigenvalue weighted by Gasteiger charge is -2.36. The summed E-state index contributed by atoms with van der Waals surface area (Å²) >= 11 is 0. The van der Waals surface area contributed by atoms with Gasteiger partial charge in [-0.15, -0.1) is 0 Å². The number of rotatable bonds is 3. The van der Waals surface area contributed by atoms with Gasteiger partial charge in [0.15, 0.2) is 0 Å². The Morgan fingerprint density at radius 3 is 2.77 bits per heavy atom. The summed E-state index contributed by atoms with van der Waals surface area (Å²) in [6.07, 6.45) is 3.60. The van der Waals surface area contributed by atoms with E-state index in [1.165, 1.54) is 0 Å². The van der Waals surface area contributed by atoms with Crippen molar-refractivity contribution in [3.05, 3.63) is 18.2 Å². The number of carbonyl (C=O) groups excluding carboxylic acids is 2. The highest BCUT2D eigenvalue weighted by molar-refractivity contribution is 5.87. The lowest BCUT2D eigenvalue weighted by atomic mass is 9.96. The van der Waals surface area contributed by atoms with Gasteiger partial charge in [0.1, 0.15) is 11.9 Å². The number of nitrogens with one attached hydrogen (secondary N) is 2. The van der Waals surface area contributed by atoms with Gasteiger partial charge in [-0.2, -0.15) is 0 Å². The van der Waals surface area contributed by atoms with Crippen LogP contribution in [-0.2, 0) is 16.6 Å². The number of amides is 2. The van der Waals surface area contributed by atoms with Crippen LogP contribution < -0.4 is 10.6 Å². The van der Waals surface area contributed by atoms with Crippen LogP contribution >= 0.6 is 0 Å². The number of hydrogen-bond acceptors (Lipinski definition) is 4. The molecule has 22 heavy (non-hydrogen) atoms. The maximum Gasteiger partial charge on any atom is 0.242 e. The molecule has 1 saturated heterocycles. The molecule has 0 aliphatic carbocycles. The minimum Gasteiger partial charge on any atom is -0.347 e. The standard InChI is InChI=1S/C15H25N5O2/c1-15(2,3)14(22)18-10-12(21)20-8-5-16-9-11(20)13-17-6-7-19(13)4/h6-7,11,16H,5,8-10H2,1-4H3,(H,18,22). The molecule has 1 aliphatic heterocycles. The molecule has 1 fully saturated rings. The highest BCUT2D eigenvalue weighted by Crippen LogP contribution is 2.20. The van der Waals surface area contributed by atoms with E-state index >= 15 is 0 Å². The van der Waals surface area contributed by atoms with Crippen LogP contribution in [0.15, 0.2) is 12.4 Å². The summed E-state index contributed by atoms with van der Waals surface area (Å²) < 4.78 is 1.92. The van der Waals surface area contributed by atoms with Crippen LogP contribution in [0.2, 0.25) is 0 Å². The Balaban J connectivity index is 2.03. The number of piperazine rings is 1. The van der Waals surface area contributed by atoms with Gasteiger partial charge in [0, 0.05) is 44.5 Å². The summed E-state index contributed by atoms with van der Waals surface area (Å²) in [4.78, 5) is 30.5. The smallest absolute Gasteiger partial charge is 0.242 e. The second-order valence-corrected chi connectivity index (χ2v) is 6.64. The van der Waals surface area contributed by atoms with Gasteiger partial charge in [0.25, 0.3) is 0 Å². The number of aromatic nitrogens is 2. The zero-order valence-electron chi connectivity index (χ0n) is 13.7. The van der Waals surface area contributed by atoms with Gasteiger partial charge in [-0.05, 0) is 0 Å². The fourth-order valence-electron chi connectivity index (χ4n) is 2.45. The second kappa shape index (κ2) is 6.48. The van der Waals surface area contributed by atoms with E-state index in [1.54, 1.807) is 11.1 Å². The summed E-state index contributed by atoms with van der Waals surface area (Å²) in [7, 11) is 1.92. The van der Waals surface area contributed by atoms with Crippen molar-refractivity contribution in [3.63, 3.8) is 0 Å². The fourth-order valence-corrected chi connectivity index (χ4v) is 2.45. The van der Waals surface area contributed by atoms with Crippen molar-refractivity contribution in [1.82, 2.24) is 25.1 Å². The summed E-state index contributed by atoms with van der Waals surface area (Å²) in [5.74, 6) is 0.652. The molecule has 0 spiro atoms. The topological polar surface area (TPSA) is 79.3 Å². The maximum atomic E-state index is 12.5. The molecule has 1 atom stereocenters. The van der Waals surface area contributed by atoms with Crippen molar-refractivity contribution in [2.24, 2.45) is 12.5 Å². The Morgan fingerprint density at radius 2 is 2.18 bits per heavy atom. The van der Waals surface area contributed by atoms with E-state index in [-0.39, 0.29) is 24.4 Å². The average Bonchev–Trinajstić information content (AvgIpc) is 2.89. The zero-order valence-corrected chi connectivity index (χ0v) is 13.7. The minimum absolute atomic E-state index is 0.0248. The molecule has 0 bridgehead atoms. The first-order chi connectivity index (χ1) is 10.3. The first-order valence-corrected chi connectivity index (χ1v) is 7.56. The highest BCUT2D eigenvalue weighted by Gasteiger charge is 2.31. The van der Waals surface area contributed by atoms with E-state index in [0.717, 1.165) is 12.4 Å². The van der Waals surface area contributed by atoms with Crippen LogP contribution in [0.1, 0.15) is 32.6 Å². The van der Waals surface area contributed by atoms with Crippen LogP contribution in [0, 0.1) is 5.41 Å². The molecule has 2 amide bonds. The van der Waals surface area contributed by atoms with Gasteiger partial charge in [0.05, 0.1) is 6.54 Å². The van der Waals surface area contributed by atoms with Crippen molar-refractivity contribution in [2.75, 3.05) is 26.2 Å². The van der Waals surface area contributed by atoms with E-state index in [2.05, 4.69) is 15.6 Å². The molecule has 1 aromatic heterocycles. The monoisotopic (exact) mass is 307 g/mol. The summed E-state index contributed by atoms with van der Waals surface area (Å²) in [5.41, 5.74) is -0.497. The van der Waals surface area contributed by atoms with Gasteiger partial charge in [-0.25, -0.2) is 4.98 Å². The van der Waals surface area contributed by atoms with Crippen molar-refractivity contribution < 1.29 is 9.59 Å². The van der Waals surface area contributed by atoms with Crippen LogP contribution in [-0.4, -0.2) is 52.4 Å². The molecule has 122 valence electrons. The molecule has 2 N–H and O–H groups in total. The third-order valence-corrected chi connectivity index (χ3v) is 3.80. The quantitative estimate of drug-likeness (QED) is 0.827. The number of carbonyl (C=O) groups is 2. The van der Waals surface area contributed by atoms with Crippen LogP contribution in [0.3, 0.4) is 0 Å². The SMILES string of the molecule is Cn1ccnc1C1CNCCN1C(=O)CNC(=O)C(C)(C)C. The molecular weight excluding hydrogens is 282 g/mol. The number of aryl methyl sites for hydroxylation is 1. The van der Waals surface area contributed by atoms with Crippen LogP contribution in [0.5, 0.6) is 0 Å². The minimum atomic E-state index is -0.497. The van der Waals surface area contributed by atoms with Crippen LogP contribution in [0.4, 0.5) is 0 Å². The molecule has 1 aliphatic rings. The second-order valence-electron chi connectivity index (χ2n) is 6.64. The molecule has 7 nitrogen and oxygen atoms in total. The number of imidazole rings is 1. The highest BCUT2D eigenvalue weighted by atomic mass is 16.2. The largest absolute Gasteiger partial charge is 0.347 e. The van der Waals surface area contributed by atoms with Gasteiger partial charge >= 0.3 is 0 Å². The molecule has 2 rings (SSSR count). The molecule has 0 saturated carbocycles. The summed E-state index contributed by atoms with van der Waals surface area (Å²) in [6, 6.07) is -0.104. The zero-order chi connectivity index (χ0) is 16.3. The van der Waals surface area contributed by atoms with E-state index in [4.69, 9.17) is 0 Å². The molecule has 0 radical (unpaired) electrons. The van der Waals surface area contributed by atoms with Crippen molar-refractivity contribution >= 4 is 11.8 Å². The predicted molar refractivity (Wildman–Crippen MR) is 83.0 cm³/mol. The van der Waals surface area contributed by atoms with E-state index < -0.39 is 5.41 Å². The number of nitrogens with zero attached hydrogens (tertiary/aromatic N) is 3. The molecule has 1 aromatic rings. The number of hydrogen-bond donors (Lipinski definition) is 2. The average molecular weight is 307 g/mol. The Bertz CT molecular complexity index is 546. The third-order valence-electron chi connectivity index (χ3n) is 3.80. The normalized spacial score (nSPS) is 19.1. The first kappa shape index (κ1) is 16.5. The van der Waals surface area contributed by atoms with E-state index in [1.807, 2.05) is 38.6 Å². The lowest BCUT2D eigenvalue weighted by Crippen LogP contribution is -2.52. The predicted octanol–water partition coefficient (Wildman–Crippen LogP) is 0.0553. The summed E-state index contributed by atoms with van der Waals surface area (Å²) in [5, 5.41) is 6.01. The Kier molecular flexibility index (Phi) is 4.85. The molecule has 7 heteroatoms. The summed E-state index contributed by atoms with van der Waals surface area (Å²) in [6.45, 7) is 7.54. The molecule has 1 unspecified atom stereocenters. The molecule has 0 aromatic carbocycles. The van der Waals surface area contributed by atoms with E-state index in [9.17, 15) is 9.59 Å². The molecule has 2 heterocycles. The van der Waals surface area contributed by atoms with Gasteiger partial charge in [-0.1, -0.05) is 20.8 Å². The fraction of sp³-hybridized carbons (Fsp3) is 0.667.